The SMILES string of the molecule is CN=C(NCc1ccc(C(N)=O)cc1)NC1CC1C. The number of carbonyl (C=O) groups excluding carboxylic acids is 1. The van der Waals surface area contributed by atoms with E-state index in [0.717, 1.165) is 17.4 Å². The summed E-state index contributed by atoms with van der Waals surface area (Å²) < 4.78 is 0. The number of primary amides is 1. The first-order valence-electron chi connectivity index (χ1n) is 6.46. The third kappa shape index (κ3) is 3.71. The predicted molar refractivity (Wildman–Crippen MR) is 75.9 cm³/mol. The van der Waals surface area contributed by atoms with Crippen molar-refractivity contribution in [1.82, 2.24) is 10.6 Å². The van der Waals surface area contributed by atoms with Crippen LogP contribution in [-0.4, -0.2) is 25.0 Å². The maximum Gasteiger partial charge on any atom is 0.248 e. The Morgan fingerprint density at radius 2 is 2.05 bits per heavy atom. The van der Waals surface area contributed by atoms with Gasteiger partial charge in [-0.05, 0) is 30.0 Å². The van der Waals surface area contributed by atoms with E-state index >= 15 is 0 Å². The van der Waals surface area contributed by atoms with E-state index in [2.05, 4.69) is 22.5 Å². The fourth-order valence-electron chi connectivity index (χ4n) is 1.87. The quantitative estimate of drug-likeness (QED) is 0.555. The summed E-state index contributed by atoms with van der Waals surface area (Å²) in [6.45, 7) is 2.88. The molecule has 1 aliphatic rings. The van der Waals surface area contributed by atoms with Gasteiger partial charge < -0.3 is 16.4 Å². The van der Waals surface area contributed by atoms with Gasteiger partial charge in [-0.3, -0.25) is 9.79 Å². The van der Waals surface area contributed by atoms with Gasteiger partial charge in [-0.25, -0.2) is 0 Å². The molecule has 2 rings (SSSR count). The number of nitrogens with zero attached hydrogens (tertiary/aromatic N) is 1. The molecule has 0 aliphatic heterocycles. The molecule has 1 amide bonds. The van der Waals surface area contributed by atoms with E-state index in [4.69, 9.17) is 5.73 Å². The molecule has 1 aromatic rings. The van der Waals surface area contributed by atoms with Crippen molar-refractivity contribution >= 4 is 11.9 Å². The normalized spacial score (nSPS) is 21.9. The molecule has 5 heteroatoms. The lowest BCUT2D eigenvalue weighted by atomic mass is 10.1. The summed E-state index contributed by atoms with van der Waals surface area (Å²) in [6.07, 6.45) is 1.20. The second-order valence-electron chi connectivity index (χ2n) is 4.95. The Balaban J connectivity index is 1.85. The van der Waals surface area contributed by atoms with Crippen molar-refractivity contribution < 1.29 is 4.79 Å². The molecule has 1 aromatic carbocycles. The van der Waals surface area contributed by atoms with E-state index in [1.165, 1.54) is 6.42 Å². The zero-order chi connectivity index (χ0) is 13.8. The van der Waals surface area contributed by atoms with Crippen LogP contribution in [0, 0.1) is 5.92 Å². The molecule has 0 heterocycles. The molecule has 0 spiro atoms. The zero-order valence-electron chi connectivity index (χ0n) is 11.3. The number of carbonyl (C=O) groups is 1. The molecule has 0 bridgehead atoms. The van der Waals surface area contributed by atoms with Crippen LogP contribution in [0.1, 0.15) is 29.3 Å². The van der Waals surface area contributed by atoms with Crippen LogP contribution in [-0.2, 0) is 6.54 Å². The molecule has 102 valence electrons. The summed E-state index contributed by atoms with van der Waals surface area (Å²) in [5.41, 5.74) is 6.80. The smallest absolute Gasteiger partial charge is 0.248 e. The minimum atomic E-state index is -0.403. The number of nitrogens with two attached hydrogens (primary N) is 1. The molecule has 1 aliphatic carbocycles. The first-order valence-corrected chi connectivity index (χ1v) is 6.46. The topological polar surface area (TPSA) is 79.5 Å². The number of rotatable bonds is 4. The van der Waals surface area contributed by atoms with Crippen LogP contribution < -0.4 is 16.4 Å². The summed E-state index contributed by atoms with van der Waals surface area (Å²) in [6, 6.07) is 7.79. The molecule has 4 N–H and O–H groups in total. The fourth-order valence-corrected chi connectivity index (χ4v) is 1.87. The number of aliphatic imine (C=N–C) groups is 1. The van der Waals surface area contributed by atoms with Gasteiger partial charge in [0.2, 0.25) is 5.91 Å². The molecule has 0 saturated heterocycles. The Kier molecular flexibility index (Phi) is 4.04. The van der Waals surface area contributed by atoms with Crippen LogP contribution in [0.5, 0.6) is 0 Å². The lowest BCUT2D eigenvalue weighted by Gasteiger charge is -2.11. The van der Waals surface area contributed by atoms with Gasteiger partial charge >= 0.3 is 0 Å². The van der Waals surface area contributed by atoms with Crippen molar-refractivity contribution in [2.45, 2.75) is 25.9 Å². The van der Waals surface area contributed by atoms with E-state index in [9.17, 15) is 4.79 Å². The van der Waals surface area contributed by atoms with Crippen molar-refractivity contribution in [3.05, 3.63) is 35.4 Å². The molecular formula is C14H20N4O. The van der Waals surface area contributed by atoms with Crippen molar-refractivity contribution in [3.63, 3.8) is 0 Å². The molecule has 0 radical (unpaired) electrons. The summed E-state index contributed by atoms with van der Waals surface area (Å²) in [4.78, 5) is 15.1. The number of guanidine groups is 1. The molecular weight excluding hydrogens is 240 g/mol. The molecule has 5 nitrogen and oxygen atoms in total. The number of hydrogen-bond donors (Lipinski definition) is 3. The Morgan fingerprint density at radius 3 is 2.53 bits per heavy atom. The van der Waals surface area contributed by atoms with Crippen molar-refractivity contribution in [2.75, 3.05) is 7.05 Å². The van der Waals surface area contributed by atoms with Crippen LogP contribution in [0.2, 0.25) is 0 Å². The van der Waals surface area contributed by atoms with Gasteiger partial charge in [0, 0.05) is 25.2 Å². The Morgan fingerprint density at radius 1 is 1.42 bits per heavy atom. The minimum Gasteiger partial charge on any atom is -0.366 e. The molecule has 0 aromatic heterocycles. The van der Waals surface area contributed by atoms with E-state index in [0.29, 0.717) is 18.2 Å². The van der Waals surface area contributed by atoms with E-state index in [-0.39, 0.29) is 0 Å². The van der Waals surface area contributed by atoms with Gasteiger partial charge in [-0.1, -0.05) is 19.1 Å². The molecule has 1 saturated carbocycles. The Labute approximate surface area is 113 Å². The summed E-state index contributed by atoms with van der Waals surface area (Å²) in [5.74, 6) is 1.14. The van der Waals surface area contributed by atoms with E-state index < -0.39 is 5.91 Å². The highest BCUT2D eigenvalue weighted by Crippen LogP contribution is 2.28. The number of benzene rings is 1. The van der Waals surface area contributed by atoms with Crippen molar-refractivity contribution in [1.29, 1.82) is 0 Å². The fraction of sp³-hybridized carbons (Fsp3) is 0.429. The summed E-state index contributed by atoms with van der Waals surface area (Å²) >= 11 is 0. The van der Waals surface area contributed by atoms with E-state index in [1.807, 2.05) is 12.1 Å². The van der Waals surface area contributed by atoms with Crippen LogP contribution in [0.15, 0.2) is 29.3 Å². The minimum absolute atomic E-state index is 0.403. The highest BCUT2D eigenvalue weighted by atomic mass is 16.1. The highest BCUT2D eigenvalue weighted by molar-refractivity contribution is 5.92. The second-order valence-corrected chi connectivity index (χ2v) is 4.95. The van der Waals surface area contributed by atoms with Gasteiger partial charge in [0.15, 0.2) is 5.96 Å². The third-order valence-corrected chi connectivity index (χ3v) is 3.35. The van der Waals surface area contributed by atoms with Crippen LogP contribution in [0.25, 0.3) is 0 Å². The van der Waals surface area contributed by atoms with E-state index in [1.54, 1.807) is 19.2 Å². The maximum absolute atomic E-state index is 11.0. The summed E-state index contributed by atoms with van der Waals surface area (Å²) in [7, 11) is 1.76. The largest absolute Gasteiger partial charge is 0.366 e. The average molecular weight is 260 g/mol. The van der Waals surface area contributed by atoms with Gasteiger partial charge in [0.05, 0.1) is 0 Å². The van der Waals surface area contributed by atoms with Gasteiger partial charge in [0.25, 0.3) is 0 Å². The lowest BCUT2D eigenvalue weighted by Crippen LogP contribution is -2.38. The first kappa shape index (κ1) is 13.4. The molecule has 19 heavy (non-hydrogen) atoms. The Hall–Kier alpha value is -2.04. The van der Waals surface area contributed by atoms with Gasteiger partial charge in [0.1, 0.15) is 0 Å². The molecule has 2 atom stereocenters. The highest BCUT2D eigenvalue weighted by Gasteiger charge is 2.33. The lowest BCUT2D eigenvalue weighted by molar-refractivity contribution is 0.100. The van der Waals surface area contributed by atoms with Gasteiger partial charge in [-0.2, -0.15) is 0 Å². The number of nitrogens with one attached hydrogen (secondary N) is 2. The predicted octanol–water partition coefficient (Wildman–Crippen LogP) is 0.859. The average Bonchev–Trinajstić information content (AvgIpc) is 3.10. The zero-order valence-corrected chi connectivity index (χ0v) is 11.3. The summed E-state index contributed by atoms with van der Waals surface area (Å²) in [5, 5.41) is 6.60. The van der Waals surface area contributed by atoms with Gasteiger partial charge in [-0.15, -0.1) is 0 Å². The maximum atomic E-state index is 11.0. The third-order valence-electron chi connectivity index (χ3n) is 3.35. The number of amides is 1. The molecule has 1 fully saturated rings. The molecule has 2 unspecified atom stereocenters. The van der Waals surface area contributed by atoms with Crippen molar-refractivity contribution in [2.24, 2.45) is 16.6 Å². The Bertz CT molecular complexity index is 481. The number of hydrogen-bond acceptors (Lipinski definition) is 2. The standard InChI is InChI=1S/C14H20N4O/c1-9-7-12(9)18-14(16-2)17-8-10-3-5-11(6-4-10)13(15)19/h3-6,9,12H,7-8H2,1-2H3,(H2,15,19)(H2,16,17,18). The van der Waals surface area contributed by atoms with Crippen molar-refractivity contribution in [3.8, 4) is 0 Å². The van der Waals surface area contributed by atoms with Crippen LogP contribution in [0.3, 0.4) is 0 Å². The second kappa shape index (κ2) is 5.73. The van der Waals surface area contributed by atoms with Crippen LogP contribution in [0.4, 0.5) is 0 Å². The first-order chi connectivity index (χ1) is 9.10. The van der Waals surface area contributed by atoms with Crippen LogP contribution >= 0.6 is 0 Å². The monoisotopic (exact) mass is 260 g/mol.